The number of aliphatic hydroxyl groups excluding tert-OH is 1. The number of halogens is 1. The summed E-state index contributed by atoms with van der Waals surface area (Å²) in [6, 6.07) is 17.5. The van der Waals surface area contributed by atoms with Crippen LogP contribution in [0.2, 0.25) is 0 Å². The van der Waals surface area contributed by atoms with Crippen LogP contribution in [0.25, 0.3) is 5.76 Å². The monoisotopic (exact) mass is 453 g/mol. The van der Waals surface area contributed by atoms with E-state index >= 15 is 0 Å². The molecule has 3 aromatic rings. The first-order valence-corrected chi connectivity index (χ1v) is 10.3. The highest BCUT2D eigenvalue weighted by molar-refractivity contribution is 9.10. The number of aryl methyl sites for hydroxylation is 1. The Labute approximate surface area is 174 Å². The smallest absolute Gasteiger partial charge is 0.300 e. The lowest BCUT2D eigenvalue weighted by molar-refractivity contribution is -0.132. The molecule has 6 heteroatoms. The topological polar surface area (TPSA) is 57.6 Å². The van der Waals surface area contributed by atoms with Crippen LogP contribution in [0.1, 0.15) is 22.0 Å². The molecule has 2 aromatic carbocycles. The van der Waals surface area contributed by atoms with Crippen LogP contribution >= 0.6 is 27.3 Å². The molecule has 1 amide bonds. The van der Waals surface area contributed by atoms with E-state index in [2.05, 4.69) is 15.9 Å². The lowest BCUT2D eigenvalue weighted by Crippen LogP contribution is -2.29. The van der Waals surface area contributed by atoms with Crippen molar-refractivity contribution in [2.45, 2.75) is 13.0 Å². The van der Waals surface area contributed by atoms with Crippen molar-refractivity contribution >= 4 is 50.4 Å². The summed E-state index contributed by atoms with van der Waals surface area (Å²) in [5.74, 6) is -1.48. The quantitative estimate of drug-likeness (QED) is 0.326. The normalized spacial score (nSPS) is 18.6. The largest absolute Gasteiger partial charge is 0.507 e. The summed E-state index contributed by atoms with van der Waals surface area (Å²) in [4.78, 5) is 28.1. The van der Waals surface area contributed by atoms with Gasteiger partial charge in [-0.15, -0.1) is 11.3 Å². The molecule has 1 aliphatic heterocycles. The van der Waals surface area contributed by atoms with Crippen LogP contribution < -0.4 is 4.90 Å². The zero-order valence-electron chi connectivity index (χ0n) is 14.9. The minimum atomic E-state index is -0.680. The number of ketones is 1. The second-order valence-corrected chi connectivity index (χ2v) is 8.32. The van der Waals surface area contributed by atoms with Crippen molar-refractivity contribution in [1.82, 2.24) is 0 Å². The summed E-state index contributed by atoms with van der Waals surface area (Å²) in [6.07, 6.45) is 0. The van der Waals surface area contributed by atoms with Gasteiger partial charge in [0, 0.05) is 20.6 Å². The van der Waals surface area contributed by atoms with Crippen LogP contribution in [0.5, 0.6) is 0 Å². The average molecular weight is 454 g/mol. The molecule has 1 N–H and O–H groups in total. The first-order chi connectivity index (χ1) is 13.5. The Hall–Kier alpha value is -2.70. The van der Waals surface area contributed by atoms with Crippen molar-refractivity contribution in [1.29, 1.82) is 0 Å². The Morgan fingerprint density at radius 3 is 2.46 bits per heavy atom. The van der Waals surface area contributed by atoms with Crippen LogP contribution in [0.3, 0.4) is 0 Å². The molecule has 4 rings (SSSR count). The molecule has 1 saturated heterocycles. The molecule has 0 radical (unpaired) electrons. The number of hydrogen-bond donors (Lipinski definition) is 1. The number of Topliss-reactive ketones (excluding diaryl/α,β-unsaturated/α-hetero) is 1. The summed E-state index contributed by atoms with van der Waals surface area (Å²) < 4.78 is 0.906. The number of benzene rings is 2. The fourth-order valence-electron chi connectivity index (χ4n) is 3.35. The summed E-state index contributed by atoms with van der Waals surface area (Å²) in [5.41, 5.74) is 2.16. The molecule has 0 bridgehead atoms. The average Bonchev–Trinajstić information content (AvgIpc) is 3.31. The zero-order chi connectivity index (χ0) is 19.8. The highest BCUT2D eigenvalue weighted by Crippen LogP contribution is 2.43. The first-order valence-electron chi connectivity index (χ1n) is 8.65. The van der Waals surface area contributed by atoms with E-state index in [9.17, 15) is 14.7 Å². The van der Waals surface area contributed by atoms with Gasteiger partial charge in [0.1, 0.15) is 11.8 Å². The van der Waals surface area contributed by atoms with Crippen LogP contribution in [0.4, 0.5) is 5.69 Å². The van der Waals surface area contributed by atoms with Gasteiger partial charge in [0.05, 0.1) is 5.57 Å². The van der Waals surface area contributed by atoms with Gasteiger partial charge in [0.25, 0.3) is 11.7 Å². The lowest BCUT2D eigenvalue weighted by Gasteiger charge is -2.24. The van der Waals surface area contributed by atoms with Crippen LogP contribution in [-0.4, -0.2) is 16.8 Å². The number of thiophene rings is 1. The van der Waals surface area contributed by atoms with E-state index < -0.39 is 17.7 Å². The predicted octanol–water partition coefficient (Wildman–Crippen LogP) is 5.45. The summed E-state index contributed by atoms with van der Waals surface area (Å²) in [5, 5.41) is 12.9. The van der Waals surface area contributed by atoms with Crippen molar-refractivity contribution in [3.63, 3.8) is 0 Å². The molecule has 1 aliphatic rings. The number of carbonyl (C=O) groups is 2. The SMILES string of the molecule is Cc1cc(/C(O)=C2/C(=O)C(=O)N(c3ccccc3)C2c2cccs2)ccc1Br. The highest BCUT2D eigenvalue weighted by Gasteiger charge is 2.47. The maximum Gasteiger partial charge on any atom is 0.300 e. The molecule has 1 unspecified atom stereocenters. The summed E-state index contributed by atoms with van der Waals surface area (Å²) in [6.45, 7) is 1.90. The standard InChI is InChI=1S/C22H16BrNO3S/c1-13-12-14(9-10-16(13)23)20(25)18-19(17-8-5-11-28-17)24(22(27)21(18)26)15-6-3-2-4-7-15/h2-12,19,25H,1H3/b20-18-. The Bertz CT molecular complexity index is 1090. The summed E-state index contributed by atoms with van der Waals surface area (Å²) >= 11 is 4.89. The second kappa shape index (κ2) is 7.37. The number of para-hydroxylation sites is 1. The van der Waals surface area contributed by atoms with Crippen molar-refractivity contribution in [2.75, 3.05) is 4.90 Å². The van der Waals surface area contributed by atoms with E-state index in [1.54, 1.807) is 24.3 Å². The number of rotatable bonds is 3. The van der Waals surface area contributed by atoms with Gasteiger partial charge < -0.3 is 5.11 Å². The minimum absolute atomic E-state index is 0.109. The van der Waals surface area contributed by atoms with E-state index in [0.29, 0.717) is 11.3 Å². The van der Waals surface area contributed by atoms with Gasteiger partial charge in [-0.1, -0.05) is 46.3 Å². The number of anilines is 1. The number of nitrogens with zero attached hydrogens (tertiary/aromatic N) is 1. The molecule has 28 heavy (non-hydrogen) atoms. The Morgan fingerprint density at radius 1 is 1.07 bits per heavy atom. The Kier molecular flexibility index (Phi) is 4.91. The molecule has 0 spiro atoms. The van der Waals surface area contributed by atoms with Crippen molar-refractivity contribution < 1.29 is 14.7 Å². The van der Waals surface area contributed by atoms with E-state index in [1.807, 2.05) is 48.7 Å². The van der Waals surface area contributed by atoms with E-state index in [4.69, 9.17) is 0 Å². The molecular formula is C22H16BrNO3S. The van der Waals surface area contributed by atoms with Gasteiger partial charge in [-0.05, 0) is 48.2 Å². The number of carbonyl (C=O) groups excluding carboxylic acids is 2. The number of hydrogen-bond acceptors (Lipinski definition) is 4. The molecule has 0 saturated carbocycles. The molecule has 1 fully saturated rings. The predicted molar refractivity (Wildman–Crippen MR) is 114 cm³/mol. The number of aliphatic hydroxyl groups is 1. The van der Waals surface area contributed by atoms with E-state index in [1.165, 1.54) is 16.2 Å². The lowest BCUT2D eigenvalue weighted by atomic mass is 9.99. The zero-order valence-corrected chi connectivity index (χ0v) is 17.3. The fourth-order valence-corrected chi connectivity index (χ4v) is 4.42. The van der Waals surface area contributed by atoms with Gasteiger partial charge in [0.15, 0.2) is 0 Å². The third kappa shape index (κ3) is 3.08. The fraction of sp³-hybridized carbons (Fsp3) is 0.0909. The van der Waals surface area contributed by atoms with Crippen molar-refractivity contribution in [3.05, 3.63) is 92.1 Å². The van der Waals surface area contributed by atoms with Crippen molar-refractivity contribution in [3.8, 4) is 0 Å². The van der Waals surface area contributed by atoms with Crippen molar-refractivity contribution in [2.24, 2.45) is 0 Å². The van der Waals surface area contributed by atoms with Gasteiger partial charge in [0.2, 0.25) is 0 Å². The molecule has 1 aromatic heterocycles. The molecule has 0 aliphatic carbocycles. The van der Waals surface area contributed by atoms with Gasteiger partial charge in [-0.25, -0.2) is 0 Å². The Morgan fingerprint density at radius 2 is 1.82 bits per heavy atom. The first kappa shape index (κ1) is 18.7. The third-order valence-electron chi connectivity index (χ3n) is 4.72. The molecule has 4 nitrogen and oxygen atoms in total. The van der Waals surface area contributed by atoms with Crippen LogP contribution in [0.15, 0.2) is 76.1 Å². The molecule has 2 heterocycles. The van der Waals surface area contributed by atoms with Gasteiger partial charge >= 0.3 is 0 Å². The molecule has 1 atom stereocenters. The summed E-state index contributed by atoms with van der Waals surface area (Å²) in [7, 11) is 0. The van der Waals surface area contributed by atoms with E-state index in [-0.39, 0.29) is 11.3 Å². The van der Waals surface area contributed by atoms with E-state index in [0.717, 1.165) is 14.9 Å². The minimum Gasteiger partial charge on any atom is -0.507 e. The molecular weight excluding hydrogens is 438 g/mol. The highest BCUT2D eigenvalue weighted by atomic mass is 79.9. The maximum atomic E-state index is 12.9. The Balaban J connectivity index is 1.93. The van der Waals surface area contributed by atoms with Gasteiger partial charge in [-0.3, -0.25) is 14.5 Å². The maximum absolute atomic E-state index is 12.9. The van der Waals surface area contributed by atoms with Crippen LogP contribution in [0, 0.1) is 6.92 Å². The second-order valence-electron chi connectivity index (χ2n) is 6.48. The third-order valence-corrected chi connectivity index (χ3v) is 6.54. The van der Waals surface area contributed by atoms with Gasteiger partial charge in [-0.2, -0.15) is 0 Å². The van der Waals surface area contributed by atoms with Crippen LogP contribution in [-0.2, 0) is 9.59 Å². The molecule has 140 valence electrons. The number of amides is 1.